The minimum absolute atomic E-state index is 0.229. The summed E-state index contributed by atoms with van der Waals surface area (Å²) in [5.41, 5.74) is 4.49. The van der Waals surface area contributed by atoms with E-state index in [1.807, 2.05) is 12.1 Å². The molecule has 8 heteroatoms. The van der Waals surface area contributed by atoms with Crippen LogP contribution in [0.2, 0.25) is 0 Å². The highest BCUT2D eigenvalue weighted by Gasteiger charge is 2.25. The average molecular weight is 754 g/mol. The predicted octanol–water partition coefficient (Wildman–Crippen LogP) is 8.63. The lowest BCUT2D eigenvalue weighted by Crippen LogP contribution is -2.14. The number of alkyl halides is 4. The summed E-state index contributed by atoms with van der Waals surface area (Å²) in [6, 6.07) is 12.4. The van der Waals surface area contributed by atoms with E-state index in [1.165, 1.54) is 25.0 Å². The van der Waals surface area contributed by atoms with Crippen LogP contribution in [0.3, 0.4) is 0 Å². The van der Waals surface area contributed by atoms with Crippen molar-refractivity contribution in [3.63, 3.8) is 0 Å². The minimum atomic E-state index is -0.318. The molecule has 0 unspecified atom stereocenters. The molecule has 0 aliphatic rings. The summed E-state index contributed by atoms with van der Waals surface area (Å²) in [6.07, 6.45) is 3.42. The van der Waals surface area contributed by atoms with Gasteiger partial charge in [-0.3, -0.25) is 9.59 Å². The van der Waals surface area contributed by atoms with Crippen molar-refractivity contribution in [2.24, 2.45) is 0 Å². The van der Waals surface area contributed by atoms with Gasteiger partial charge in [0.25, 0.3) is 0 Å². The maximum atomic E-state index is 11.7. The third-order valence-corrected chi connectivity index (χ3v) is 10.7. The van der Waals surface area contributed by atoms with E-state index in [1.54, 1.807) is 0 Å². The van der Waals surface area contributed by atoms with E-state index in [0.29, 0.717) is 11.5 Å². The van der Waals surface area contributed by atoms with Crippen LogP contribution < -0.4 is 9.47 Å². The van der Waals surface area contributed by atoms with E-state index in [2.05, 4.69) is 102 Å². The van der Waals surface area contributed by atoms with Crippen molar-refractivity contribution in [1.82, 2.24) is 0 Å². The van der Waals surface area contributed by atoms with E-state index in [0.717, 1.165) is 47.5 Å². The second-order valence-electron chi connectivity index (χ2n) is 8.86. The number of ether oxygens (including phenoxy) is 2. The van der Waals surface area contributed by atoms with Crippen LogP contribution in [0.1, 0.15) is 74.6 Å². The minimum Gasteiger partial charge on any atom is -0.426 e. The SMILES string of the molecule is CC[C@H](c1ccc(OC(C)=O)c(C[C@@H](Br)CBr)c1)[C@@H](CC)c1ccc(OC(C)=O)c(C[C@H](Br)CBr)c1. The fourth-order valence-electron chi connectivity index (χ4n) is 4.58. The van der Waals surface area contributed by atoms with Gasteiger partial charge in [0.2, 0.25) is 0 Å². The summed E-state index contributed by atoms with van der Waals surface area (Å²) in [6.45, 7) is 7.29. The molecule has 0 bridgehead atoms. The monoisotopic (exact) mass is 750 g/mol. The molecule has 0 aliphatic heterocycles. The molecule has 198 valence electrons. The molecule has 0 amide bonds. The first-order valence-electron chi connectivity index (χ1n) is 12.2. The first-order chi connectivity index (χ1) is 17.1. The highest BCUT2D eigenvalue weighted by atomic mass is 79.9. The van der Waals surface area contributed by atoms with Crippen LogP contribution in [0.5, 0.6) is 11.5 Å². The Balaban J connectivity index is 2.51. The number of carbonyl (C=O) groups excluding carboxylic acids is 2. The van der Waals surface area contributed by atoms with Crippen molar-refractivity contribution in [2.45, 2.75) is 74.9 Å². The van der Waals surface area contributed by atoms with E-state index in [4.69, 9.17) is 9.47 Å². The van der Waals surface area contributed by atoms with Crippen LogP contribution in [0.4, 0.5) is 0 Å². The van der Waals surface area contributed by atoms with Crippen LogP contribution in [0.15, 0.2) is 36.4 Å². The van der Waals surface area contributed by atoms with Gasteiger partial charge in [-0.2, -0.15) is 0 Å². The number of esters is 2. The van der Waals surface area contributed by atoms with E-state index >= 15 is 0 Å². The van der Waals surface area contributed by atoms with Crippen molar-refractivity contribution in [3.8, 4) is 11.5 Å². The van der Waals surface area contributed by atoms with Gasteiger partial charge in [0.15, 0.2) is 0 Å². The van der Waals surface area contributed by atoms with Crippen LogP contribution >= 0.6 is 63.7 Å². The Morgan fingerprint density at radius 2 is 1.08 bits per heavy atom. The summed E-state index contributed by atoms with van der Waals surface area (Å²) in [5, 5.41) is 1.60. The highest BCUT2D eigenvalue weighted by Crippen LogP contribution is 2.41. The molecular formula is C28H34Br4O4. The molecule has 2 aromatic rings. The maximum Gasteiger partial charge on any atom is 0.308 e. The zero-order chi connectivity index (χ0) is 26.8. The largest absolute Gasteiger partial charge is 0.426 e. The molecule has 0 spiro atoms. The standard InChI is InChI=1S/C28H34Br4O4/c1-5-25(19-7-9-27(35-17(3)33)21(11-19)13-23(31)15-29)26(6-2)20-8-10-28(36-18(4)34)22(12-20)14-24(32)16-30/h7-12,23-26H,5-6,13-16H2,1-4H3/t23-,24+,25-,26+. The van der Waals surface area contributed by atoms with Gasteiger partial charge in [0.05, 0.1) is 0 Å². The molecule has 0 aromatic heterocycles. The second kappa shape index (κ2) is 15.6. The molecule has 0 saturated heterocycles. The van der Waals surface area contributed by atoms with Crippen LogP contribution in [-0.2, 0) is 22.4 Å². The summed E-state index contributed by atoms with van der Waals surface area (Å²) < 4.78 is 11.0. The first-order valence-corrected chi connectivity index (χ1v) is 16.2. The van der Waals surface area contributed by atoms with Gasteiger partial charge in [-0.1, -0.05) is 102 Å². The summed E-state index contributed by atoms with van der Waals surface area (Å²) in [5.74, 6) is 1.15. The van der Waals surface area contributed by atoms with Gasteiger partial charge in [-0.05, 0) is 71.9 Å². The maximum absolute atomic E-state index is 11.7. The number of hydrogen-bond donors (Lipinski definition) is 0. The van der Waals surface area contributed by atoms with Crippen molar-refractivity contribution in [3.05, 3.63) is 58.7 Å². The molecule has 0 radical (unpaired) electrons. The molecule has 4 atom stereocenters. The Kier molecular flexibility index (Phi) is 13.7. The fraction of sp³-hybridized carbons (Fsp3) is 0.500. The van der Waals surface area contributed by atoms with E-state index in [9.17, 15) is 9.59 Å². The predicted molar refractivity (Wildman–Crippen MR) is 162 cm³/mol. The van der Waals surface area contributed by atoms with Crippen LogP contribution in [0, 0.1) is 0 Å². The molecule has 0 aliphatic carbocycles. The van der Waals surface area contributed by atoms with Crippen molar-refractivity contribution >= 4 is 75.7 Å². The zero-order valence-corrected chi connectivity index (χ0v) is 27.5. The number of hydrogen-bond acceptors (Lipinski definition) is 4. The number of benzene rings is 2. The van der Waals surface area contributed by atoms with E-state index < -0.39 is 0 Å². The molecule has 4 nitrogen and oxygen atoms in total. The lowest BCUT2D eigenvalue weighted by molar-refractivity contribution is -0.132. The molecule has 0 N–H and O–H groups in total. The van der Waals surface area contributed by atoms with Gasteiger partial charge in [0, 0.05) is 34.2 Å². The van der Waals surface area contributed by atoms with Gasteiger partial charge in [0.1, 0.15) is 11.5 Å². The third kappa shape index (κ3) is 9.25. The van der Waals surface area contributed by atoms with Crippen molar-refractivity contribution in [1.29, 1.82) is 0 Å². The average Bonchev–Trinajstić information content (AvgIpc) is 2.84. The molecule has 2 aromatic carbocycles. The second-order valence-corrected chi connectivity index (χ2v) is 12.7. The third-order valence-electron chi connectivity index (χ3n) is 6.12. The Hall–Kier alpha value is -0.700. The highest BCUT2D eigenvalue weighted by molar-refractivity contribution is 9.12. The molecule has 0 heterocycles. The molecular weight excluding hydrogens is 720 g/mol. The number of halogens is 4. The lowest BCUT2D eigenvalue weighted by atomic mass is 9.77. The Morgan fingerprint density at radius 3 is 1.36 bits per heavy atom. The van der Waals surface area contributed by atoms with Crippen molar-refractivity contribution in [2.75, 3.05) is 10.7 Å². The van der Waals surface area contributed by atoms with Gasteiger partial charge in [-0.25, -0.2) is 0 Å². The molecule has 0 saturated carbocycles. The van der Waals surface area contributed by atoms with Gasteiger partial charge >= 0.3 is 11.9 Å². The summed E-state index contributed by atoms with van der Waals surface area (Å²) >= 11 is 14.5. The Labute approximate surface area is 248 Å². The molecule has 36 heavy (non-hydrogen) atoms. The Bertz CT molecular complexity index is 945. The first kappa shape index (κ1) is 31.5. The molecule has 0 fully saturated rings. The van der Waals surface area contributed by atoms with Crippen molar-refractivity contribution < 1.29 is 19.1 Å². The Morgan fingerprint density at radius 1 is 0.722 bits per heavy atom. The summed E-state index contributed by atoms with van der Waals surface area (Å²) in [7, 11) is 0. The number of carbonyl (C=O) groups is 2. The smallest absolute Gasteiger partial charge is 0.308 e. The van der Waals surface area contributed by atoms with Crippen LogP contribution in [0.25, 0.3) is 0 Å². The van der Waals surface area contributed by atoms with Crippen LogP contribution in [-0.4, -0.2) is 32.3 Å². The van der Waals surface area contributed by atoms with Gasteiger partial charge < -0.3 is 9.47 Å². The molecule has 2 rings (SSSR count). The zero-order valence-electron chi connectivity index (χ0n) is 21.2. The normalized spacial score (nSPS) is 14.6. The topological polar surface area (TPSA) is 52.6 Å². The lowest BCUT2D eigenvalue weighted by Gasteiger charge is -2.28. The quantitative estimate of drug-likeness (QED) is 0.117. The van der Waals surface area contributed by atoms with Gasteiger partial charge in [-0.15, -0.1) is 0 Å². The fourth-order valence-corrected chi connectivity index (χ4v) is 5.73. The van der Waals surface area contributed by atoms with E-state index in [-0.39, 0.29) is 33.4 Å². The summed E-state index contributed by atoms with van der Waals surface area (Å²) in [4.78, 5) is 23.8. The number of rotatable bonds is 13.